The van der Waals surface area contributed by atoms with E-state index in [1.165, 1.54) is 12.3 Å². The zero-order valence-corrected chi connectivity index (χ0v) is 16.1. The number of aromatic nitrogens is 2. The van der Waals surface area contributed by atoms with Crippen LogP contribution in [0.1, 0.15) is 5.56 Å². The maximum Gasteiger partial charge on any atom is 0.286 e. The number of nitro groups is 1. The summed E-state index contributed by atoms with van der Waals surface area (Å²) in [6.07, 6.45) is 3.16. The SMILES string of the molecule is Cc1ccc(NC(=O)COc2ccc(-c3cn4cc([N+](=O)[O-])ccc4n3)cc2)cc1. The average molecular weight is 402 g/mol. The number of pyridine rings is 1. The third-order valence-electron chi connectivity index (χ3n) is 4.50. The molecule has 1 amide bonds. The summed E-state index contributed by atoms with van der Waals surface area (Å²) in [6.45, 7) is 1.87. The molecule has 0 saturated carbocycles. The Labute approximate surface area is 171 Å². The molecule has 0 aliphatic heterocycles. The fourth-order valence-electron chi connectivity index (χ4n) is 2.93. The van der Waals surface area contributed by atoms with Gasteiger partial charge in [0, 0.05) is 23.5 Å². The molecule has 2 heterocycles. The molecule has 0 aliphatic rings. The number of imidazole rings is 1. The number of hydrogen-bond donors (Lipinski definition) is 1. The third kappa shape index (κ3) is 4.27. The van der Waals surface area contributed by atoms with E-state index in [-0.39, 0.29) is 18.2 Å². The third-order valence-corrected chi connectivity index (χ3v) is 4.50. The number of nitrogens with zero attached hydrogens (tertiary/aromatic N) is 3. The Hall–Kier alpha value is -4.20. The van der Waals surface area contributed by atoms with Crippen molar-refractivity contribution in [2.75, 3.05) is 11.9 Å². The first-order valence-electron chi connectivity index (χ1n) is 9.21. The zero-order chi connectivity index (χ0) is 21.1. The van der Waals surface area contributed by atoms with Gasteiger partial charge in [-0.2, -0.15) is 0 Å². The number of rotatable bonds is 6. The van der Waals surface area contributed by atoms with Gasteiger partial charge in [-0.1, -0.05) is 17.7 Å². The van der Waals surface area contributed by atoms with Crippen LogP contribution in [0.3, 0.4) is 0 Å². The second-order valence-corrected chi connectivity index (χ2v) is 6.76. The van der Waals surface area contributed by atoms with Crippen molar-refractivity contribution in [2.45, 2.75) is 6.92 Å². The Morgan fingerprint density at radius 3 is 2.50 bits per heavy atom. The highest BCUT2D eigenvalue weighted by Crippen LogP contribution is 2.23. The van der Waals surface area contributed by atoms with Crippen molar-refractivity contribution in [3.63, 3.8) is 0 Å². The Balaban J connectivity index is 1.40. The fraction of sp³-hybridized carbons (Fsp3) is 0.0909. The van der Waals surface area contributed by atoms with Crippen molar-refractivity contribution in [1.82, 2.24) is 9.38 Å². The molecule has 0 atom stereocenters. The molecule has 2 aromatic carbocycles. The first-order chi connectivity index (χ1) is 14.5. The van der Waals surface area contributed by atoms with Gasteiger partial charge >= 0.3 is 0 Å². The lowest BCUT2D eigenvalue weighted by atomic mass is 10.2. The maximum atomic E-state index is 12.0. The van der Waals surface area contributed by atoms with Crippen molar-refractivity contribution in [2.24, 2.45) is 0 Å². The number of anilines is 1. The van der Waals surface area contributed by atoms with Crippen LogP contribution >= 0.6 is 0 Å². The maximum absolute atomic E-state index is 12.0. The molecular formula is C22H18N4O4. The van der Waals surface area contributed by atoms with E-state index >= 15 is 0 Å². The molecule has 2 aromatic heterocycles. The lowest BCUT2D eigenvalue weighted by Gasteiger charge is -2.08. The minimum atomic E-state index is -0.444. The molecule has 0 fully saturated rings. The van der Waals surface area contributed by atoms with Crippen LogP contribution in [0.15, 0.2) is 73.1 Å². The summed E-state index contributed by atoms with van der Waals surface area (Å²) < 4.78 is 7.16. The number of fused-ring (bicyclic) bond motifs is 1. The lowest BCUT2D eigenvalue weighted by molar-refractivity contribution is -0.385. The van der Waals surface area contributed by atoms with Gasteiger partial charge in [0.05, 0.1) is 16.8 Å². The molecule has 4 rings (SSSR count). The number of aryl methyl sites for hydroxylation is 1. The van der Waals surface area contributed by atoms with E-state index < -0.39 is 4.92 Å². The monoisotopic (exact) mass is 402 g/mol. The Morgan fingerprint density at radius 2 is 1.80 bits per heavy atom. The van der Waals surface area contributed by atoms with Crippen molar-refractivity contribution < 1.29 is 14.5 Å². The van der Waals surface area contributed by atoms with Gasteiger partial charge in [-0.05, 0) is 49.4 Å². The van der Waals surface area contributed by atoms with Crippen LogP contribution in [-0.4, -0.2) is 26.8 Å². The number of benzene rings is 2. The second kappa shape index (κ2) is 8.04. The van der Waals surface area contributed by atoms with Gasteiger partial charge in [-0.25, -0.2) is 4.98 Å². The summed E-state index contributed by atoms with van der Waals surface area (Å²) in [4.78, 5) is 27.0. The van der Waals surface area contributed by atoms with E-state index in [9.17, 15) is 14.9 Å². The van der Waals surface area contributed by atoms with Gasteiger partial charge < -0.3 is 10.1 Å². The van der Waals surface area contributed by atoms with Crippen molar-refractivity contribution in [1.29, 1.82) is 0 Å². The molecule has 4 aromatic rings. The standard InChI is InChI=1S/C22H18N4O4/c1-15-2-6-17(7-3-15)23-22(27)14-30-19-9-4-16(5-10-19)20-13-25-12-18(26(28)29)8-11-21(25)24-20/h2-13H,14H2,1H3,(H,23,27). The van der Waals surface area contributed by atoms with E-state index in [0.717, 1.165) is 16.8 Å². The summed E-state index contributed by atoms with van der Waals surface area (Å²) >= 11 is 0. The zero-order valence-electron chi connectivity index (χ0n) is 16.1. The molecular weight excluding hydrogens is 384 g/mol. The molecule has 0 spiro atoms. The molecule has 150 valence electrons. The first-order valence-corrected chi connectivity index (χ1v) is 9.21. The molecule has 1 N–H and O–H groups in total. The van der Waals surface area contributed by atoms with E-state index in [4.69, 9.17) is 4.74 Å². The number of amides is 1. The van der Waals surface area contributed by atoms with Gasteiger partial charge in [0.2, 0.25) is 0 Å². The largest absolute Gasteiger partial charge is 0.484 e. The second-order valence-electron chi connectivity index (χ2n) is 6.76. The van der Waals surface area contributed by atoms with E-state index in [1.54, 1.807) is 28.8 Å². The van der Waals surface area contributed by atoms with Gasteiger partial charge in [-0.15, -0.1) is 0 Å². The van der Waals surface area contributed by atoms with Gasteiger partial charge in [0.25, 0.3) is 11.6 Å². The summed E-state index contributed by atoms with van der Waals surface area (Å²) in [5.41, 5.74) is 3.96. The predicted molar refractivity (Wildman–Crippen MR) is 113 cm³/mol. The Kier molecular flexibility index (Phi) is 5.13. The van der Waals surface area contributed by atoms with Crippen molar-refractivity contribution in [3.8, 4) is 17.0 Å². The number of hydrogen-bond acceptors (Lipinski definition) is 5. The predicted octanol–water partition coefficient (Wildman–Crippen LogP) is 4.24. The smallest absolute Gasteiger partial charge is 0.286 e. The molecule has 30 heavy (non-hydrogen) atoms. The minimum absolute atomic E-state index is 0.000822. The van der Waals surface area contributed by atoms with E-state index in [1.807, 2.05) is 43.3 Å². The van der Waals surface area contributed by atoms with Crippen molar-refractivity contribution in [3.05, 3.63) is 88.7 Å². The fourth-order valence-corrected chi connectivity index (χ4v) is 2.93. The van der Waals surface area contributed by atoms with E-state index in [0.29, 0.717) is 17.1 Å². The van der Waals surface area contributed by atoms with Gasteiger partial charge in [-0.3, -0.25) is 19.3 Å². The van der Waals surface area contributed by atoms with E-state index in [2.05, 4.69) is 10.3 Å². The number of carbonyl (C=O) groups excluding carboxylic acids is 1. The topological polar surface area (TPSA) is 98.8 Å². The van der Waals surface area contributed by atoms with Crippen LogP contribution in [0, 0.1) is 17.0 Å². The highest BCUT2D eigenvalue weighted by atomic mass is 16.6. The molecule has 0 radical (unpaired) electrons. The average Bonchev–Trinajstić information content (AvgIpc) is 3.17. The molecule has 0 unspecified atom stereocenters. The van der Waals surface area contributed by atoms with Crippen molar-refractivity contribution >= 4 is 22.9 Å². The Bertz CT molecular complexity index is 1210. The molecule has 0 aliphatic carbocycles. The van der Waals surface area contributed by atoms with Gasteiger partial charge in [0.15, 0.2) is 6.61 Å². The summed E-state index contributed by atoms with van der Waals surface area (Å²) in [5.74, 6) is 0.307. The van der Waals surface area contributed by atoms with Crippen LogP contribution in [0.4, 0.5) is 11.4 Å². The highest BCUT2D eigenvalue weighted by Gasteiger charge is 2.10. The first kappa shape index (κ1) is 19.1. The quantitative estimate of drug-likeness (QED) is 0.384. The van der Waals surface area contributed by atoms with Gasteiger partial charge in [0.1, 0.15) is 11.4 Å². The molecule has 8 heteroatoms. The summed E-state index contributed by atoms with van der Waals surface area (Å²) in [7, 11) is 0. The summed E-state index contributed by atoms with van der Waals surface area (Å²) in [5, 5.41) is 13.7. The number of nitrogens with one attached hydrogen (secondary N) is 1. The van der Waals surface area contributed by atoms with Crippen LogP contribution in [0.25, 0.3) is 16.9 Å². The van der Waals surface area contributed by atoms with Crippen LogP contribution in [-0.2, 0) is 4.79 Å². The summed E-state index contributed by atoms with van der Waals surface area (Å²) in [6, 6.07) is 17.7. The van der Waals surface area contributed by atoms with Crippen LogP contribution < -0.4 is 10.1 Å². The molecule has 0 bridgehead atoms. The lowest BCUT2D eigenvalue weighted by Crippen LogP contribution is -2.20. The molecule has 0 saturated heterocycles. The Morgan fingerprint density at radius 1 is 1.07 bits per heavy atom. The normalized spacial score (nSPS) is 10.7. The number of carbonyl (C=O) groups is 1. The van der Waals surface area contributed by atoms with Crippen LogP contribution in [0.5, 0.6) is 5.75 Å². The highest BCUT2D eigenvalue weighted by molar-refractivity contribution is 5.91. The minimum Gasteiger partial charge on any atom is -0.484 e. The van der Waals surface area contributed by atoms with Crippen LogP contribution in [0.2, 0.25) is 0 Å². The number of ether oxygens (including phenoxy) is 1. The molecule has 8 nitrogen and oxygen atoms in total.